The fraction of sp³-hybridized carbons (Fsp3) is 0.385. The Balaban J connectivity index is 2.57. The number of anilines is 1. The van der Waals surface area contributed by atoms with Crippen molar-refractivity contribution in [3.05, 3.63) is 33.9 Å². The summed E-state index contributed by atoms with van der Waals surface area (Å²) in [6.45, 7) is 3.51. The summed E-state index contributed by atoms with van der Waals surface area (Å²) < 4.78 is 0. The molecule has 0 radical (unpaired) electrons. The molecule has 1 rings (SSSR count). The Hall–Kier alpha value is -2.64. The molecule has 0 aliphatic rings. The average Bonchev–Trinajstić information content (AvgIpc) is 2.37. The molecule has 2 amide bonds. The van der Waals surface area contributed by atoms with Gasteiger partial charge in [0.2, 0.25) is 0 Å². The molecule has 0 aliphatic carbocycles. The van der Waals surface area contributed by atoms with Crippen molar-refractivity contribution in [3.8, 4) is 0 Å². The SMILES string of the molecule is Cc1ccc(NC(=O)NCC(C)CC(=O)O)cc1[N+](=O)[O-]. The van der Waals surface area contributed by atoms with E-state index in [0.29, 0.717) is 11.3 Å². The highest BCUT2D eigenvalue weighted by molar-refractivity contribution is 5.89. The summed E-state index contributed by atoms with van der Waals surface area (Å²) >= 11 is 0. The lowest BCUT2D eigenvalue weighted by molar-refractivity contribution is -0.385. The molecule has 0 saturated heterocycles. The number of carboxylic acids is 1. The quantitative estimate of drug-likeness (QED) is 0.548. The molecular weight excluding hydrogens is 278 g/mol. The number of carbonyl (C=O) groups excluding carboxylic acids is 1. The van der Waals surface area contributed by atoms with E-state index >= 15 is 0 Å². The van der Waals surface area contributed by atoms with E-state index in [1.165, 1.54) is 6.07 Å². The van der Waals surface area contributed by atoms with Crippen molar-refractivity contribution in [1.82, 2.24) is 5.32 Å². The molecule has 8 heteroatoms. The molecular formula is C13H17N3O5. The molecule has 1 atom stereocenters. The van der Waals surface area contributed by atoms with E-state index in [2.05, 4.69) is 10.6 Å². The van der Waals surface area contributed by atoms with Crippen LogP contribution in [0.15, 0.2) is 18.2 Å². The van der Waals surface area contributed by atoms with Crippen molar-refractivity contribution in [2.75, 3.05) is 11.9 Å². The Morgan fingerprint density at radius 2 is 2.10 bits per heavy atom. The van der Waals surface area contributed by atoms with Gasteiger partial charge in [0.1, 0.15) is 0 Å². The summed E-state index contributed by atoms with van der Waals surface area (Å²) in [6, 6.07) is 3.84. The van der Waals surface area contributed by atoms with Crippen molar-refractivity contribution >= 4 is 23.4 Å². The minimum atomic E-state index is -0.932. The summed E-state index contributed by atoms with van der Waals surface area (Å²) in [4.78, 5) is 32.4. The van der Waals surface area contributed by atoms with Gasteiger partial charge in [-0.05, 0) is 18.9 Å². The monoisotopic (exact) mass is 295 g/mol. The smallest absolute Gasteiger partial charge is 0.319 e. The maximum atomic E-state index is 11.6. The van der Waals surface area contributed by atoms with E-state index < -0.39 is 16.9 Å². The van der Waals surface area contributed by atoms with Crippen LogP contribution in [0.2, 0.25) is 0 Å². The number of nitrogens with one attached hydrogen (secondary N) is 2. The Morgan fingerprint density at radius 1 is 1.43 bits per heavy atom. The van der Waals surface area contributed by atoms with E-state index in [-0.39, 0.29) is 24.6 Å². The molecule has 0 fully saturated rings. The maximum absolute atomic E-state index is 11.6. The van der Waals surface area contributed by atoms with Gasteiger partial charge in [-0.25, -0.2) is 4.79 Å². The number of carboxylic acid groups (broad SMARTS) is 1. The number of nitro benzene ring substituents is 1. The molecule has 0 heterocycles. The summed E-state index contributed by atoms with van der Waals surface area (Å²) in [5.41, 5.74) is 0.726. The molecule has 0 spiro atoms. The molecule has 0 saturated carbocycles. The second-order valence-corrected chi connectivity index (χ2v) is 4.80. The van der Waals surface area contributed by atoms with Gasteiger partial charge in [-0.2, -0.15) is 0 Å². The molecule has 0 aliphatic heterocycles. The molecule has 8 nitrogen and oxygen atoms in total. The molecule has 3 N–H and O–H groups in total. The van der Waals surface area contributed by atoms with Crippen molar-refractivity contribution in [3.63, 3.8) is 0 Å². The zero-order chi connectivity index (χ0) is 16.0. The topological polar surface area (TPSA) is 122 Å². The van der Waals surface area contributed by atoms with E-state index in [1.54, 1.807) is 26.0 Å². The zero-order valence-electron chi connectivity index (χ0n) is 11.8. The average molecular weight is 295 g/mol. The number of nitro groups is 1. The lowest BCUT2D eigenvalue weighted by Gasteiger charge is -2.11. The molecule has 1 aromatic rings. The van der Waals surface area contributed by atoms with Gasteiger partial charge < -0.3 is 15.7 Å². The number of aryl methyl sites for hydroxylation is 1. The van der Waals surface area contributed by atoms with E-state index in [1.807, 2.05) is 0 Å². The summed E-state index contributed by atoms with van der Waals surface area (Å²) in [7, 11) is 0. The van der Waals surface area contributed by atoms with Gasteiger partial charge in [0.15, 0.2) is 0 Å². The highest BCUT2D eigenvalue weighted by Gasteiger charge is 2.13. The Bertz CT molecular complexity index is 559. The van der Waals surface area contributed by atoms with E-state index in [0.717, 1.165) is 0 Å². The van der Waals surface area contributed by atoms with Crippen molar-refractivity contribution in [1.29, 1.82) is 0 Å². The fourth-order valence-corrected chi connectivity index (χ4v) is 1.70. The van der Waals surface area contributed by atoms with Gasteiger partial charge in [-0.15, -0.1) is 0 Å². The van der Waals surface area contributed by atoms with Gasteiger partial charge in [-0.3, -0.25) is 14.9 Å². The predicted octanol–water partition coefficient (Wildman–Crippen LogP) is 2.14. The van der Waals surface area contributed by atoms with Crippen LogP contribution in [-0.4, -0.2) is 28.6 Å². The summed E-state index contributed by atoms with van der Waals surface area (Å²) in [5.74, 6) is -1.14. The lowest BCUT2D eigenvalue weighted by atomic mass is 10.1. The minimum Gasteiger partial charge on any atom is -0.481 e. The molecule has 0 aromatic heterocycles. The van der Waals surface area contributed by atoms with Crippen LogP contribution >= 0.6 is 0 Å². The molecule has 1 aromatic carbocycles. The van der Waals surface area contributed by atoms with Crippen molar-refractivity contribution < 1.29 is 19.6 Å². The molecule has 0 bridgehead atoms. The maximum Gasteiger partial charge on any atom is 0.319 e. The number of aliphatic carboxylic acids is 1. The van der Waals surface area contributed by atoms with Gasteiger partial charge in [0.05, 0.1) is 4.92 Å². The van der Waals surface area contributed by atoms with Crippen LogP contribution in [0, 0.1) is 23.0 Å². The lowest BCUT2D eigenvalue weighted by Crippen LogP contribution is -2.33. The number of hydrogen-bond acceptors (Lipinski definition) is 4. The summed E-state index contributed by atoms with van der Waals surface area (Å²) in [5, 5.41) is 24.4. The van der Waals surface area contributed by atoms with Crippen LogP contribution in [0.25, 0.3) is 0 Å². The highest BCUT2D eigenvalue weighted by atomic mass is 16.6. The molecule has 1 unspecified atom stereocenters. The number of amides is 2. The number of hydrogen-bond donors (Lipinski definition) is 3. The number of urea groups is 1. The van der Waals surface area contributed by atoms with Crippen LogP contribution in [0.1, 0.15) is 18.9 Å². The van der Waals surface area contributed by atoms with E-state index in [4.69, 9.17) is 5.11 Å². The van der Waals surface area contributed by atoms with Gasteiger partial charge in [0, 0.05) is 30.3 Å². The third-order valence-corrected chi connectivity index (χ3v) is 2.80. The minimum absolute atomic E-state index is 0.0454. The third kappa shape index (κ3) is 5.47. The largest absolute Gasteiger partial charge is 0.481 e. The van der Waals surface area contributed by atoms with Crippen LogP contribution in [0.4, 0.5) is 16.2 Å². The number of benzene rings is 1. The first-order chi connectivity index (χ1) is 9.79. The zero-order valence-corrected chi connectivity index (χ0v) is 11.8. The first kappa shape index (κ1) is 16.4. The third-order valence-electron chi connectivity index (χ3n) is 2.80. The Labute approximate surface area is 121 Å². The van der Waals surface area contributed by atoms with Crippen LogP contribution in [0.3, 0.4) is 0 Å². The molecule has 114 valence electrons. The fourth-order valence-electron chi connectivity index (χ4n) is 1.70. The standard InChI is InChI=1S/C13H17N3O5/c1-8(5-12(17)18)7-14-13(19)15-10-4-3-9(2)11(6-10)16(20)21/h3-4,6,8H,5,7H2,1-2H3,(H,17,18)(H2,14,15,19). The first-order valence-corrected chi connectivity index (χ1v) is 6.31. The Morgan fingerprint density at radius 3 is 2.67 bits per heavy atom. The van der Waals surface area contributed by atoms with Gasteiger partial charge in [0.25, 0.3) is 5.69 Å². The van der Waals surface area contributed by atoms with Gasteiger partial charge >= 0.3 is 12.0 Å². The summed E-state index contributed by atoms with van der Waals surface area (Å²) in [6.07, 6.45) is -0.0454. The van der Waals surface area contributed by atoms with Crippen molar-refractivity contribution in [2.24, 2.45) is 5.92 Å². The van der Waals surface area contributed by atoms with Crippen molar-refractivity contribution in [2.45, 2.75) is 20.3 Å². The van der Waals surface area contributed by atoms with E-state index in [9.17, 15) is 19.7 Å². The second kappa shape index (κ2) is 7.22. The second-order valence-electron chi connectivity index (χ2n) is 4.80. The number of rotatable bonds is 6. The first-order valence-electron chi connectivity index (χ1n) is 6.31. The Kier molecular flexibility index (Phi) is 5.65. The normalized spacial score (nSPS) is 11.5. The van der Waals surface area contributed by atoms with Crippen LogP contribution in [0.5, 0.6) is 0 Å². The van der Waals surface area contributed by atoms with Crippen LogP contribution < -0.4 is 10.6 Å². The number of carbonyl (C=O) groups is 2. The van der Waals surface area contributed by atoms with Crippen LogP contribution in [-0.2, 0) is 4.79 Å². The highest BCUT2D eigenvalue weighted by Crippen LogP contribution is 2.22. The predicted molar refractivity (Wildman–Crippen MR) is 76.3 cm³/mol. The number of nitrogens with zero attached hydrogens (tertiary/aromatic N) is 1. The van der Waals surface area contributed by atoms with Gasteiger partial charge in [-0.1, -0.05) is 13.0 Å². The molecule has 21 heavy (non-hydrogen) atoms.